The maximum Gasteiger partial charge on any atom is 0.0580 e. The first kappa shape index (κ1) is 9.01. The molecule has 1 rings (SSSR count). The summed E-state index contributed by atoms with van der Waals surface area (Å²) in [6, 6.07) is 0. The van der Waals surface area contributed by atoms with E-state index in [-0.39, 0.29) is 0 Å². The highest BCUT2D eigenvalue weighted by Gasteiger charge is 2.22. The molecule has 2 unspecified atom stereocenters. The van der Waals surface area contributed by atoms with Crippen molar-refractivity contribution in [2.45, 2.75) is 51.2 Å². The molecule has 11 heavy (non-hydrogen) atoms. The lowest BCUT2D eigenvalue weighted by atomic mass is 10.1. The monoisotopic (exact) mass is 158 g/mol. The topological polar surface area (TPSA) is 29.5 Å². The van der Waals surface area contributed by atoms with E-state index in [1.807, 2.05) is 0 Å². The van der Waals surface area contributed by atoms with Crippen LogP contribution < -0.4 is 0 Å². The second kappa shape index (κ2) is 4.73. The number of aliphatic hydroxyl groups excluding tert-OH is 1. The molecule has 2 atom stereocenters. The van der Waals surface area contributed by atoms with Gasteiger partial charge in [-0.1, -0.05) is 6.92 Å². The van der Waals surface area contributed by atoms with Gasteiger partial charge in [0.05, 0.1) is 12.2 Å². The lowest BCUT2D eigenvalue weighted by Gasteiger charge is -2.10. The maximum atomic E-state index is 8.59. The largest absolute Gasteiger partial charge is 0.396 e. The van der Waals surface area contributed by atoms with Crippen LogP contribution in [0.3, 0.4) is 0 Å². The molecule has 1 N–H and O–H groups in total. The van der Waals surface area contributed by atoms with E-state index in [1.54, 1.807) is 0 Å². The average molecular weight is 158 g/mol. The van der Waals surface area contributed by atoms with Crippen LogP contribution in [-0.4, -0.2) is 23.9 Å². The molecule has 1 fully saturated rings. The number of rotatable bonds is 4. The third-order valence-electron chi connectivity index (χ3n) is 2.34. The summed E-state index contributed by atoms with van der Waals surface area (Å²) in [5, 5.41) is 8.59. The van der Waals surface area contributed by atoms with Crippen LogP contribution in [-0.2, 0) is 4.74 Å². The summed E-state index contributed by atoms with van der Waals surface area (Å²) in [5.74, 6) is 0. The van der Waals surface area contributed by atoms with E-state index < -0.39 is 0 Å². The Bertz CT molecular complexity index is 104. The molecule has 1 heterocycles. The Labute approximate surface area is 68.6 Å². The summed E-state index contributed by atoms with van der Waals surface area (Å²) in [4.78, 5) is 0. The van der Waals surface area contributed by atoms with E-state index in [0.717, 1.165) is 19.3 Å². The zero-order chi connectivity index (χ0) is 8.10. The van der Waals surface area contributed by atoms with Gasteiger partial charge in [0, 0.05) is 6.61 Å². The molecule has 0 aromatic carbocycles. The Morgan fingerprint density at radius 2 is 2.09 bits per heavy atom. The highest BCUT2D eigenvalue weighted by atomic mass is 16.5. The molecule has 0 aliphatic carbocycles. The second-order valence-corrected chi connectivity index (χ2v) is 3.23. The third kappa shape index (κ3) is 2.80. The summed E-state index contributed by atoms with van der Waals surface area (Å²) in [7, 11) is 0. The second-order valence-electron chi connectivity index (χ2n) is 3.23. The number of hydrogen-bond donors (Lipinski definition) is 1. The van der Waals surface area contributed by atoms with Gasteiger partial charge in [-0.2, -0.15) is 0 Å². The molecular formula is C9H18O2. The predicted molar refractivity (Wildman–Crippen MR) is 44.5 cm³/mol. The van der Waals surface area contributed by atoms with Crippen molar-refractivity contribution in [1.82, 2.24) is 0 Å². The number of ether oxygens (including phenoxy) is 1. The summed E-state index contributed by atoms with van der Waals surface area (Å²) < 4.78 is 5.70. The molecule has 1 saturated heterocycles. The van der Waals surface area contributed by atoms with Gasteiger partial charge in [-0.25, -0.2) is 0 Å². The first-order valence-corrected chi connectivity index (χ1v) is 4.63. The first-order valence-electron chi connectivity index (χ1n) is 4.63. The van der Waals surface area contributed by atoms with E-state index in [9.17, 15) is 0 Å². The minimum Gasteiger partial charge on any atom is -0.396 e. The Kier molecular flexibility index (Phi) is 3.87. The van der Waals surface area contributed by atoms with Gasteiger partial charge in [0.25, 0.3) is 0 Å². The molecule has 0 spiro atoms. The van der Waals surface area contributed by atoms with Gasteiger partial charge < -0.3 is 9.84 Å². The average Bonchev–Trinajstić information content (AvgIpc) is 2.48. The quantitative estimate of drug-likeness (QED) is 0.675. The van der Waals surface area contributed by atoms with E-state index in [2.05, 4.69) is 6.92 Å². The van der Waals surface area contributed by atoms with Crippen LogP contribution in [0.2, 0.25) is 0 Å². The van der Waals surface area contributed by atoms with E-state index >= 15 is 0 Å². The fraction of sp³-hybridized carbons (Fsp3) is 1.00. The van der Waals surface area contributed by atoms with Crippen LogP contribution in [0, 0.1) is 0 Å². The highest BCUT2D eigenvalue weighted by Crippen LogP contribution is 2.24. The van der Waals surface area contributed by atoms with E-state index in [1.165, 1.54) is 12.8 Å². The minimum absolute atomic E-state index is 0.302. The molecule has 0 bridgehead atoms. The molecule has 66 valence electrons. The van der Waals surface area contributed by atoms with Gasteiger partial charge in [0.2, 0.25) is 0 Å². The molecule has 0 aromatic rings. The minimum atomic E-state index is 0.302. The standard InChI is InChI=1S/C9H18O2/c1-2-8-5-6-9(11-8)4-3-7-10/h8-10H,2-7H2,1H3. The zero-order valence-corrected chi connectivity index (χ0v) is 7.25. The summed E-state index contributed by atoms with van der Waals surface area (Å²) >= 11 is 0. The molecular weight excluding hydrogens is 140 g/mol. The van der Waals surface area contributed by atoms with Crippen LogP contribution in [0.25, 0.3) is 0 Å². The van der Waals surface area contributed by atoms with Crippen LogP contribution in [0.5, 0.6) is 0 Å². The van der Waals surface area contributed by atoms with E-state index in [4.69, 9.17) is 9.84 Å². The fourth-order valence-electron chi connectivity index (χ4n) is 1.61. The van der Waals surface area contributed by atoms with Gasteiger partial charge in [-0.05, 0) is 32.1 Å². The molecule has 0 radical (unpaired) electrons. The maximum absolute atomic E-state index is 8.59. The van der Waals surface area contributed by atoms with Crippen LogP contribution in [0.4, 0.5) is 0 Å². The summed E-state index contributed by atoms with van der Waals surface area (Å²) in [5.41, 5.74) is 0. The van der Waals surface area contributed by atoms with Crippen molar-refractivity contribution in [2.24, 2.45) is 0 Å². The zero-order valence-electron chi connectivity index (χ0n) is 7.25. The Balaban J connectivity index is 2.09. The molecule has 0 saturated carbocycles. The Morgan fingerprint density at radius 1 is 1.36 bits per heavy atom. The molecule has 2 heteroatoms. The van der Waals surface area contributed by atoms with Crippen LogP contribution in [0.1, 0.15) is 39.0 Å². The van der Waals surface area contributed by atoms with Gasteiger partial charge >= 0.3 is 0 Å². The first-order chi connectivity index (χ1) is 5.36. The molecule has 1 aliphatic heterocycles. The normalized spacial score (nSPS) is 31.1. The van der Waals surface area contributed by atoms with Crippen LogP contribution >= 0.6 is 0 Å². The third-order valence-corrected chi connectivity index (χ3v) is 2.34. The fourth-order valence-corrected chi connectivity index (χ4v) is 1.61. The van der Waals surface area contributed by atoms with Crippen molar-refractivity contribution in [3.63, 3.8) is 0 Å². The van der Waals surface area contributed by atoms with Gasteiger partial charge in [0.1, 0.15) is 0 Å². The van der Waals surface area contributed by atoms with Crippen molar-refractivity contribution < 1.29 is 9.84 Å². The number of hydrogen-bond acceptors (Lipinski definition) is 2. The Morgan fingerprint density at radius 3 is 2.64 bits per heavy atom. The predicted octanol–water partition coefficient (Wildman–Crippen LogP) is 1.72. The lowest BCUT2D eigenvalue weighted by molar-refractivity contribution is 0.0352. The van der Waals surface area contributed by atoms with Crippen molar-refractivity contribution in [2.75, 3.05) is 6.61 Å². The molecule has 1 aliphatic rings. The Hall–Kier alpha value is -0.0800. The van der Waals surface area contributed by atoms with Gasteiger partial charge in [-0.15, -0.1) is 0 Å². The molecule has 0 aromatic heterocycles. The van der Waals surface area contributed by atoms with Crippen molar-refractivity contribution in [1.29, 1.82) is 0 Å². The van der Waals surface area contributed by atoms with Crippen molar-refractivity contribution >= 4 is 0 Å². The van der Waals surface area contributed by atoms with Crippen molar-refractivity contribution in [3.05, 3.63) is 0 Å². The summed E-state index contributed by atoms with van der Waals surface area (Å²) in [6.45, 7) is 2.47. The smallest absolute Gasteiger partial charge is 0.0580 e. The summed E-state index contributed by atoms with van der Waals surface area (Å²) in [6.07, 6.45) is 6.40. The van der Waals surface area contributed by atoms with Gasteiger partial charge in [0.15, 0.2) is 0 Å². The lowest BCUT2D eigenvalue weighted by Crippen LogP contribution is -2.10. The van der Waals surface area contributed by atoms with Gasteiger partial charge in [-0.3, -0.25) is 0 Å². The van der Waals surface area contributed by atoms with Crippen LogP contribution in [0.15, 0.2) is 0 Å². The molecule has 2 nitrogen and oxygen atoms in total. The van der Waals surface area contributed by atoms with Crippen molar-refractivity contribution in [3.8, 4) is 0 Å². The van der Waals surface area contributed by atoms with E-state index in [0.29, 0.717) is 18.8 Å². The SMILES string of the molecule is CCC1CCC(CCCO)O1. The highest BCUT2D eigenvalue weighted by molar-refractivity contribution is 4.72. The molecule has 0 amide bonds. The number of aliphatic hydroxyl groups is 1.